The lowest BCUT2D eigenvalue weighted by atomic mass is 9.93. The minimum absolute atomic E-state index is 0.0695. The molecule has 2 rings (SSSR count). The first-order valence-electron chi connectivity index (χ1n) is 6.56. The fourth-order valence-corrected chi connectivity index (χ4v) is 2.24. The number of ether oxygens (including phenoxy) is 1. The lowest BCUT2D eigenvalue weighted by Crippen LogP contribution is -2.52. The van der Waals surface area contributed by atoms with Crippen molar-refractivity contribution in [2.75, 3.05) is 19.6 Å². The fraction of sp³-hybridized carbons (Fsp3) is 0.500. The van der Waals surface area contributed by atoms with E-state index in [0.717, 1.165) is 10.5 Å². The molecule has 1 heterocycles. The summed E-state index contributed by atoms with van der Waals surface area (Å²) >= 11 is 0. The number of nitrogens with zero attached hydrogens (tertiary/aromatic N) is 1. The molecule has 0 spiro atoms. The van der Waals surface area contributed by atoms with E-state index in [9.17, 15) is 13.6 Å². The van der Waals surface area contributed by atoms with Crippen LogP contribution in [-0.4, -0.2) is 36.5 Å². The molecule has 0 unspecified atom stereocenters. The minimum Gasteiger partial charge on any atom is -0.445 e. The van der Waals surface area contributed by atoms with Crippen LogP contribution in [0.1, 0.15) is 12.0 Å². The van der Waals surface area contributed by atoms with Gasteiger partial charge in [0.2, 0.25) is 0 Å². The molecule has 0 radical (unpaired) electrons. The molecule has 1 aliphatic heterocycles. The number of amides is 1. The van der Waals surface area contributed by atoms with E-state index in [1.807, 2.05) is 30.3 Å². The second-order valence-electron chi connectivity index (χ2n) is 4.94. The smallest absolute Gasteiger partial charge is 0.410 e. The largest absolute Gasteiger partial charge is 0.445 e. The molecule has 1 amide bonds. The van der Waals surface area contributed by atoms with Gasteiger partial charge in [0.15, 0.2) is 0 Å². The second-order valence-corrected chi connectivity index (χ2v) is 4.94. The van der Waals surface area contributed by atoms with Crippen molar-refractivity contribution in [3.8, 4) is 0 Å². The third-order valence-electron chi connectivity index (χ3n) is 3.49. The first kappa shape index (κ1) is 14.7. The Hall–Kier alpha value is -1.69. The van der Waals surface area contributed by atoms with Gasteiger partial charge < -0.3 is 15.4 Å². The zero-order valence-electron chi connectivity index (χ0n) is 11.1. The summed E-state index contributed by atoms with van der Waals surface area (Å²) in [5.41, 5.74) is 6.14. The number of halogens is 2. The number of piperidine rings is 1. The van der Waals surface area contributed by atoms with Gasteiger partial charge in [-0.25, -0.2) is 13.6 Å². The van der Waals surface area contributed by atoms with Crippen LogP contribution in [0.4, 0.5) is 13.6 Å². The highest BCUT2D eigenvalue weighted by Gasteiger charge is 2.45. The van der Waals surface area contributed by atoms with Crippen LogP contribution >= 0.6 is 0 Å². The molecule has 1 aliphatic rings. The molecule has 110 valence electrons. The third kappa shape index (κ3) is 3.45. The Morgan fingerprint density at radius 2 is 2.10 bits per heavy atom. The molecule has 4 nitrogen and oxygen atoms in total. The number of benzene rings is 1. The van der Waals surface area contributed by atoms with E-state index in [1.54, 1.807) is 0 Å². The van der Waals surface area contributed by atoms with Crippen LogP contribution in [0.3, 0.4) is 0 Å². The van der Waals surface area contributed by atoms with Crippen molar-refractivity contribution < 1.29 is 18.3 Å². The number of carbonyl (C=O) groups is 1. The lowest BCUT2D eigenvalue weighted by Gasteiger charge is -2.37. The number of alkyl halides is 2. The van der Waals surface area contributed by atoms with Crippen LogP contribution in [0, 0.1) is 5.92 Å². The van der Waals surface area contributed by atoms with Crippen molar-refractivity contribution in [1.29, 1.82) is 0 Å². The molecule has 0 aromatic heterocycles. The maximum Gasteiger partial charge on any atom is 0.410 e. The van der Waals surface area contributed by atoms with Gasteiger partial charge in [-0.2, -0.15) is 0 Å². The molecule has 0 bridgehead atoms. The molecular weight excluding hydrogens is 266 g/mol. The Morgan fingerprint density at radius 1 is 1.40 bits per heavy atom. The standard InChI is InChI=1S/C14H18F2N2O2/c15-14(16)10-18(7-6-12(14)8-17)13(19)20-9-11-4-2-1-3-5-11/h1-5,12H,6-10,17H2/t12-/m1/s1. The van der Waals surface area contributed by atoms with Gasteiger partial charge in [-0.05, 0) is 12.0 Å². The molecule has 1 fully saturated rings. The predicted octanol–water partition coefficient (Wildman–Crippen LogP) is 2.24. The number of hydrogen-bond acceptors (Lipinski definition) is 3. The molecule has 2 N–H and O–H groups in total. The quantitative estimate of drug-likeness (QED) is 0.926. The zero-order valence-corrected chi connectivity index (χ0v) is 11.1. The van der Waals surface area contributed by atoms with Crippen molar-refractivity contribution >= 4 is 6.09 Å². The van der Waals surface area contributed by atoms with E-state index < -0.39 is 24.5 Å². The Bertz CT molecular complexity index is 454. The zero-order chi connectivity index (χ0) is 14.6. The summed E-state index contributed by atoms with van der Waals surface area (Å²) in [5.74, 6) is -3.81. The monoisotopic (exact) mass is 284 g/mol. The van der Waals surface area contributed by atoms with Gasteiger partial charge in [0, 0.05) is 19.0 Å². The molecule has 0 aliphatic carbocycles. The highest BCUT2D eigenvalue weighted by atomic mass is 19.3. The van der Waals surface area contributed by atoms with Gasteiger partial charge in [0.25, 0.3) is 5.92 Å². The number of hydrogen-bond donors (Lipinski definition) is 1. The summed E-state index contributed by atoms with van der Waals surface area (Å²) in [6.45, 7) is -0.352. The summed E-state index contributed by atoms with van der Waals surface area (Å²) < 4.78 is 32.5. The second kappa shape index (κ2) is 6.17. The van der Waals surface area contributed by atoms with Crippen LogP contribution in [0.5, 0.6) is 0 Å². The number of nitrogens with two attached hydrogens (primary N) is 1. The van der Waals surface area contributed by atoms with Crippen molar-refractivity contribution in [2.45, 2.75) is 19.0 Å². The Kier molecular flexibility index (Phi) is 4.54. The normalized spacial score (nSPS) is 21.6. The van der Waals surface area contributed by atoms with Gasteiger partial charge in [0.05, 0.1) is 6.54 Å². The van der Waals surface area contributed by atoms with Crippen molar-refractivity contribution in [1.82, 2.24) is 4.90 Å². The van der Waals surface area contributed by atoms with Crippen LogP contribution < -0.4 is 5.73 Å². The summed E-state index contributed by atoms with van der Waals surface area (Å²) in [6, 6.07) is 9.11. The van der Waals surface area contributed by atoms with Crippen molar-refractivity contribution in [3.63, 3.8) is 0 Å². The minimum atomic E-state index is -2.95. The molecule has 1 atom stereocenters. The summed E-state index contributed by atoms with van der Waals surface area (Å²) in [5, 5.41) is 0. The average Bonchev–Trinajstić information content (AvgIpc) is 2.44. The molecule has 0 saturated carbocycles. The van der Waals surface area contributed by atoms with E-state index in [0.29, 0.717) is 0 Å². The Labute approximate surface area is 116 Å². The highest BCUT2D eigenvalue weighted by Crippen LogP contribution is 2.32. The Morgan fingerprint density at radius 3 is 2.70 bits per heavy atom. The first-order valence-corrected chi connectivity index (χ1v) is 6.56. The van der Waals surface area contributed by atoms with Gasteiger partial charge in [-0.15, -0.1) is 0 Å². The van der Waals surface area contributed by atoms with E-state index in [2.05, 4.69) is 0 Å². The molecular formula is C14H18F2N2O2. The molecule has 6 heteroatoms. The first-order chi connectivity index (χ1) is 9.53. The Balaban J connectivity index is 1.87. The van der Waals surface area contributed by atoms with E-state index >= 15 is 0 Å². The predicted molar refractivity (Wildman–Crippen MR) is 70.3 cm³/mol. The van der Waals surface area contributed by atoms with Gasteiger partial charge in [-0.3, -0.25) is 0 Å². The van der Waals surface area contributed by atoms with E-state index in [1.165, 1.54) is 0 Å². The lowest BCUT2D eigenvalue weighted by molar-refractivity contribution is -0.103. The number of rotatable bonds is 3. The maximum absolute atomic E-state index is 13.7. The average molecular weight is 284 g/mol. The molecule has 1 aromatic rings. The molecule has 1 saturated heterocycles. The van der Waals surface area contributed by atoms with Gasteiger partial charge in [0.1, 0.15) is 6.61 Å². The SMILES string of the molecule is NC[C@H]1CCN(C(=O)OCc2ccccc2)CC1(F)F. The summed E-state index contributed by atoms with van der Waals surface area (Å²) in [6.07, 6.45) is -0.506. The van der Waals surface area contributed by atoms with Crippen LogP contribution in [0.25, 0.3) is 0 Å². The third-order valence-corrected chi connectivity index (χ3v) is 3.49. The molecule has 20 heavy (non-hydrogen) atoms. The van der Waals surface area contributed by atoms with Crippen molar-refractivity contribution in [3.05, 3.63) is 35.9 Å². The van der Waals surface area contributed by atoms with E-state index in [4.69, 9.17) is 10.5 Å². The number of carbonyl (C=O) groups excluding carboxylic acids is 1. The summed E-state index contributed by atoms with van der Waals surface area (Å²) in [7, 11) is 0. The summed E-state index contributed by atoms with van der Waals surface area (Å²) in [4.78, 5) is 12.8. The highest BCUT2D eigenvalue weighted by molar-refractivity contribution is 5.67. The number of likely N-dealkylation sites (tertiary alicyclic amines) is 1. The fourth-order valence-electron chi connectivity index (χ4n) is 2.24. The van der Waals surface area contributed by atoms with Crippen molar-refractivity contribution in [2.24, 2.45) is 11.7 Å². The topological polar surface area (TPSA) is 55.6 Å². The van der Waals surface area contributed by atoms with Gasteiger partial charge >= 0.3 is 6.09 Å². The molecule has 1 aromatic carbocycles. The van der Waals surface area contributed by atoms with E-state index in [-0.39, 0.29) is 26.1 Å². The maximum atomic E-state index is 13.7. The van der Waals surface area contributed by atoms with Crippen LogP contribution in [-0.2, 0) is 11.3 Å². The van der Waals surface area contributed by atoms with Gasteiger partial charge in [-0.1, -0.05) is 30.3 Å². The van der Waals surface area contributed by atoms with Crippen LogP contribution in [0.2, 0.25) is 0 Å². The van der Waals surface area contributed by atoms with Crippen LogP contribution in [0.15, 0.2) is 30.3 Å².